The number of halogens is 4. The summed E-state index contributed by atoms with van der Waals surface area (Å²) in [4.78, 5) is 11.5. The normalized spacial score (nSPS) is 17.9. The first-order valence-corrected chi connectivity index (χ1v) is 6.49. The molecule has 0 radical (unpaired) electrons. The zero-order valence-electron chi connectivity index (χ0n) is 11.1. The molecule has 0 spiro atoms. The van der Waals surface area contributed by atoms with Gasteiger partial charge in [0, 0.05) is 12.6 Å². The summed E-state index contributed by atoms with van der Waals surface area (Å²) in [6.07, 6.45) is -4.11. The summed E-state index contributed by atoms with van der Waals surface area (Å²) in [5.41, 5.74) is -0.0851. The lowest BCUT2D eigenvalue weighted by atomic mass is 9.96. The number of likely N-dealkylation sites (tertiary alicyclic amines) is 1. The van der Waals surface area contributed by atoms with E-state index in [1.54, 1.807) is 4.90 Å². The van der Waals surface area contributed by atoms with E-state index in [0.29, 0.717) is 12.1 Å². The Bertz CT molecular complexity index is 525. The number of nitrogens with zero attached hydrogens (tertiary/aromatic N) is 2. The van der Waals surface area contributed by atoms with Gasteiger partial charge in [0.15, 0.2) is 0 Å². The van der Waals surface area contributed by atoms with Gasteiger partial charge in [-0.05, 0) is 37.6 Å². The zero-order chi connectivity index (χ0) is 15.6. The molecule has 0 atom stereocenters. The summed E-state index contributed by atoms with van der Waals surface area (Å²) in [7, 11) is 0. The fraction of sp³-hybridized carbons (Fsp3) is 0.538. The Kier molecular flexibility index (Phi) is 4.46. The number of rotatable bonds is 3. The van der Waals surface area contributed by atoms with Gasteiger partial charge in [-0.25, -0.2) is 0 Å². The first-order valence-electron chi connectivity index (χ1n) is 6.49. The van der Waals surface area contributed by atoms with Crippen molar-refractivity contribution >= 4 is 5.69 Å². The number of hydrogen-bond donors (Lipinski definition) is 0. The minimum atomic E-state index is -4.16. The number of nitro benzene ring substituents is 1. The van der Waals surface area contributed by atoms with Gasteiger partial charge in [-0.1, -0.05) is 6.07 Å². The number of alkyl halides is 3. The van der Waals surface area contributed by atoms with Gasteiger partial charge in [-0.2, -0.15) is 17.6 Å². The number of nitro groups is 1. The second-order valence-corrected chi connectivity index (χ2v) is 5.13. The molecule has 0 unspecified atom stereocenters. The fourth-order valence-corrected chi connectivity index (χ4v) is 2.47. The van der Waals surface area contributed by atoms with Gasteiger partial charge < -0.3 is 0 Å². The van der Waals surface area contributed by atoms with Gasteiger partial charge in [0.2, 0.25) is 5.82 Å². The van der Waals surface area contributed by atoms with Crippen molar-refractivity contribution in [3.63, 3.8) is 0 Å². The van der Waals surface area contributed by atoms with Crippen molar-refractivity contribution in [2.45, 2.75) is 25.6 Å². The highest BCUT2D eigenvalue weighted by Crippen LogP contribution is 2.34. The average molecular weight is 306 g/mol. The average Bonchev–Trinajstić information content (AvgIpc) is 2.38. The third-order valence-corrected chi connectivity index (χ3v) is 3.67. The summed E-state index contributed by atoms with van der Waals surface area (Å²) in [5, 5.41) is 10.5. The van der Waals surface area contributed by atoms with Crippen molar-refractivity contribution < 1.29 is 22.5 Å². The highest BCUT2D eigenvalue weighted by atomic mass is 19.4. The van der Waals surface area contributed by atoms with Crippen molar-refractivity contribution in [2.24, 2.45) is 5.92 Å². The summed E-state index contributed by atoms with van der Waals surface area (Å²) < 4.78 is 51.1. The lowest BCUT2D eigenvalue weighted by Crippen LogP contribution is -2.38. The second kappa shape index (κ2) is 5.97. The monoisotopic (exact) mass is 306 g/mol. The molecule has 0 bridgehead atoms. The second-order valence-electron chi connectivity index (χ2n) is 5.13. The SMILES string of the molecule is O=[N+]([O-])c1ccc(CN2CCC(C(F)(F)F)CC2)cc1F. The molecule has 0 amide bonds. The minimum Gasteiger partial charge on any atom is -0.299 e. The van der Waals surface area contributed by atoms with Crippen molar-refractivity contribution in [2.75, 3.05) is 13.1 Å². The van der Waals surface area contributed by atoms with E-state index in [1.807, 2.05) is 0 Å². The maximum atomic E-state index is 13.5. The summed E-state index contributed by atoms with van der Waals surface area (Å²) >= 11 is 0. The van der Waals surface area contributed by atoms with E-state index in [2.05, 4.69) is 0 Å². The van der Waals surface area contributed by atoms with Crippen LogP contribution in [-0.4, -0.2) is 29.1 Å². The van der Waals surface area contributed by atoms with Crippen molar-refractivity contribution in [1.29, 1.82) is 0 Å². The first kappa shape index (κ1) is 15.7. The van der Waals surface area contributed by atoms with Crippen LogP contribution in [0.2, 0.25) is 0 Å². The Morgan fingerprint density at radius 2 is 1.90 bits per heavy atom. The van der Waals surface area contributed by atoms with Crippen molar-refractivity contribution in [1.82, 2.24) is 4.90 Å². The molecule has 1 aromatic rings. The molecule has 4 nitrogen and oxygen atoms in total. The molecule has 1 aliphatic rings. The molecule has 2 rings (SSSR count). The standard InChI is InChI=1S/C13H14F4N2O2/c14-11-7-9(1-2-12(11)19(20)21)8-18-5-3-10(4-6-18)13(15,16)17/h1-2,7,10H,3-6,8H2. The van der Waals surface area contributed by atoms with Gasteiger partial charge in [-0.15, -0.1) is 0 Å². The molecule has 1 saturated heterocycles. The van der Waals surface area contributed by atoms with Gasteiger partial charge in [0.1, 0.15) is 0 Å². The van der Waals surface area contributed by atoms with E-state index in [0.717, 1.165) is 12.1 Å². The minimum absolute atomic E-state index is 0.0267. The quantitative estimate of drug-likeness (QED) is 0.488. The van der Waals surface area contributed by atoms with E-state index >= 15 is 0 Å². The molecule has 8 heteroatoms. The summed E-state index contributed by atoms with van der Waals surface area (Å²) in [6.45, 7) is 0.852. The van der Waals surface area contributed by atoms with Crippen LogP contribution in [0.1, 0.15) is 18.4 Å². The van der Waals surface area contributed by atoms with E-state index in [4.69, 9.17) is 0 Å². The van der Waals surface area contributed by atoms with Gasteiger partial charge in [0.25, 0.3) is 0 Å². The molecule has 0 N–H and O–H groups in total. The molecule has 21 heavy (non-hydrogen) atoms. The number of hydrogen-bond acceptors (Lipinski definition) is 3. The van der Waals surface area contributed by atoms with Gasteiger partial charge in [-0.3, -0.25) is 15.0 Å². The van der Waals surface area contributed by atoms with Crippen LogP contribution in [0.3, 0.4) is 0 Å². The Balaban J connectivity index is 1.95. The topological polar surface area (TPSA) is 46.4 Å². The Morgan fingerprint density at radius 3 is 2.38 bits per heavy atom. The van der Waals surface area contributed by atoms with E-state index in [9.17, 15) is 27.7 Å². The molecule has 1 aromatic carbocycles. The van der Waals surface area contributed by atoms with Crippen molar-refractivity contribution in [3.8, 4) is 0 Å². The Morgan fingerprint density at radius 1 is 1.29 bits per heavy atom. The van der Waals surface area contributed by atoms with Crippen molar-refractivity contribution in [3.05, 3.63) is 39.7 Å². The smallest absolute Gasteiger partial charge is 0.299 e. The molecular formula is C13H14F4N2O2. The molecule has 1 fully saturated rings. The molecule has 0 aromatic heterocycles. The highest BCUT2D eigenvalue weighted by molar-refractivity contribution is 5.34. The maximum Gasteiger partial charge on any atom is 0.391 e. The first-order chi connectivity index (χ1) is 9.77. The van der Waals surface area contributed by atoms with Crippen LogP contribution >= 0.6 is 0 Å². The third-order valence-electron chi connectivity index (χ3n) is 3.67. The van der Waals surface area contributed by atoms with Crippen LogP contribution in [0.15, 0.2) is 18.2 Å². The summed E-state index contributed by atoms with van der Waals surface area (Å²) in [5.74, 6) is -2.20. The van der Waals surface area contributed by atoms with E-state index in [1.165, 1.54) is 6.07 Å². The van der Waals surface area contributed by atoms with E-state index in [-0.39, 0.29) is 25.9 Å². The van der Waals surface area contributed by atoms with Gasteiger partial charge in [0.05, 0.1) is 10.8 Å². The fourth-order valence-electron chi connectivity index (χ4n) is 2.47. The lowest BCUT2D eigenvalue weighted by molar-refractivity contribution is -0.387. The molecular weight excluding hydrogens is 292 g/mol. The maximum absolute atomic E-state index is 13.5. The van der Waals surface area contributed by atoms with Gasteiger partial charge >= 0.3 is 11.9 Å². The number of piperidine rings is 1. The summed E-state index contributed by atoms with van der Waals surface area (Å²) in [6, 6.07) is 3.57. The highest BCUT2D eigenvalue weighted by Gasteiger charge is 2.40. The molecule has 0 saturated carbocycles. The van der Waals surface area contributed by atoms with Crippen LogP contribution in [0.25, 0.3) is 0 Å². The number of benzene rings is 1. The van der Waals surface area contributed by atoms with Crippen LogP contribution in [-0.2, 0) is 6.54 Å². The predicted octanol–water partition coefficient (Wildman–Crippen LogP) is 3.51. The van der Waals surface area contributed by atoms with Crippen LogP contribution < -0.4 is 0 Å². The largest absolute Gasteiger partial charge is 0.391 e. The van der Waals surface area contributed by atoms with Crippen LogP contribution in [0, 0.1) is 21.8 Å². The Hall–Kier alpha value is -1.70. The molecule has 0 aliphatic carbocycles. The zero-order valence-corrected chi connectivity index (χ0v) is 11.1. The third kappa shape index (κ3) is 3.90. The van der Waals surface area contributed by atoms with E-state index < -0.39 is 28.5 Å². The molecule has 1 aliphatic heterocycles. The van der Waals surface area contributed by atoms with Crippen LogP contribution in [0.5, 0.6) is 0 Å². The van der Waals surface area contributed by atoms with Crippen LogP contribution in [0.4, 0.5) is 23.2 Å². The molecule has 1 heterocycles. The lowest BCUT2D eigenvalue weighted by Gasteiger charge is -2.32. The Labute approximate surface area is 118 Å². The predicted molar refractivity (Wildman–Crippen MR) is 67.1 cm³/mol. The molecule has 116 valence electrons.